The Morgan fingerprint density at radius 2 is 1.90 bits per heavy atom. The third-order valence-corrected chi connectivity index (χ3v) is 5.43. The lowest BCUT2D eigenvalue weighted by atomic mass is 10.00. The number of carbonyl (C=O) groups is 2. The third kappa shape index (κ3) is 4.49. The standard InChI is InChI=1S/C24H26N4O2/c1-16-7-8-21-22(13-20(27-17(2)29)14-23(21)26-16)24(30)25-10-12-28-11-9-18-5-3-4-6-19(18)15-28/h3-8,13-14H,9-12,15H2,1-2H3,(H,25,30)(H,27,29). The molecule has 3 aromatic rings. The van der Waals surface area contributed by atoms with Crippen molar-refractivity contribution in [1.82, 2.24) is 15.2 Å². The van der Waals surface area contributed by atoms with Gasteiger partial charge < -0.3 is 10.6 Å². The number of nitrogens with one attached hydrogen (secondary N) is 2. The first-order valence-corrected chi connectivity index (χ1v) is 10.3. The molecule has 6 heteroatoms. The number of amides is 2. The predicted molar refractivity (Wildman–Crippen MR) is 119 cm³/mol. The molecule has 0 unspecified atom stereocenters. The van der Waals surface area contributed by atoms with Crippen LogP contribution in [0.1, 0.15) is 34.1 Å². The van der Waals surface area contributed by atoms with E-state index in [0.717, 1.165) is 37.1 Å². The van der Waals surface area contributed by atoms with Gasteiger partial charge in [0, 0.05) is 49.9 Å². The van der Waals surface area contributed by atoms with Crippen molar-refractivity contribution in [3.8, 4) is 0 Å². The summed E-state index contributed by atoms with van der Waals surface area (Å²) in [6.45, 7) is 6.62. The zero-order valence-corrected chi connectivity index (χ0v) is 17.4. The van der Waals surface area contributed by atoms with E-state index in [-0.39, 0.29) is 11.8 Å². The van der Waals surface area contributed by atoms with Crippen LogP contribution in [-0.4, -0.2) is 41.3 Å². The van der Waals surface area contributed by atoms with E-state index in [4.69, 9.17) is 0 Å². The topological polar surface area (TPSA) is 74.3 Å². The number of nitrogens with zero attached hydrogens (tertiary/aromatic N) is 2. The van der Waals surface area contributed by atoms with Crippen molar-refractivity contribution in [2.75, 3.05) is 25.0 Å². The molecule has 2 aromatic carbocycles. The number of benzene rings is 2. The van der Waals surface area contributed by atoms with Gasteiger partial charge in [-0.3, -0.25) is 19.5 Å². The van der Waals surface area contributed by atoms with Crippen LogP contribution in [0.3, 0.4) is 0 Å². The van der Waals surface area contributed by atoms with Gasteiger partial charge in [0.15, 0.2) is 0 Å². The number of anilines is 1. The van der Waals surface area contributed by atoms with Crippen LogP contribution in [0.25, 0.3) is 10.9 Å². The molecule has 0 bridgehead atoms. The lowest BCUT2D eigenvalue weighted by Gasteiger charge is -2.28. The van der Waals surface area contributed by atoms with Crippen LogP contribution >= 0.6 is 0 Å². The Balaban J connectivity index is 1.46. The normalized spacial score (nSPS) is 13.7. The van der Waals surface area contributed by atoms with Crippen molar-refractivity contribution >= 4 is 28.4 Å². The first kappa shape index (κ1) is 20.0. The second kappa shape index (κ2) is 8.63. The fourth-order valence-corrected chi connectivity index (χ4v) is 3.97. The molecule has 0 saturated carbocycles. The second-order valence-electron chi connectivity index (χ2n) is 7.78. The number of carbonyl (C=O) groups excluding carboxylic acids is 2. The van der Waals surface area contributed by atoms with E-state index in [9.17, 15) is 9.59 Å². The lowest BCUT2D eigenvalue weighted by molar-refractivity contribution is -0.114. The van der Waals surface area contributed by atoms with Crippen LogP contribution in [0.2, 0.25) is 0 Å². The molecule has 1 aliphatic rings. The molecule has 0 aliphatic carbocycles. The zero-order valence-electron chi connectivity index (χ0n) is 17.4. The Hall–Kier alpha value is -3.25. The van der Waals surface area contributed by atoms with Crippen LogP contribution in [0.5, 0.6) is 0 Å². The number of fused-ring (bicyclic) bond motifs is 2. The molecule has 4 rings (SSSR count). The average molecular weight is 402 g/mol. The number of hydrogen-bond acceptors (Lipinski definition) is 4. The molecule has 0 atom stereocenters. The number of pyridine rings is 1. The van der Waals surface area contributed by atoms with E-state index in [2.05, 4.69) is 44.8 Å². The van der Waals surface area contributed by atoms with Crippen LogP contribution < -0.4 is 10.6 Å². The molecule has 6 nitrogen and oxygen atoms in total. The van der Waals surface area contributed by atoms with Crippen molar-refractivity contribution in [2.24, 2.45) is 0 Å². The maximum absolute atomic E-state index is 13.0. The molecule has 0 radical (unpaired) electrons. The van der Waals surface area contributed by atoms with Crippen LogP contribution in [0, 0.1) is 6.92 Å². The fourth-order valence-electron chi connectivity index (χ4n) is 3.97. The maximum atomic E-state index is 13.0. The molecular weight excluding hydrogens is 376 g/mol. The minimum Gasteiger partial charge on any atom is -0.351 e. The van der Waals surface area contributed by atoms with E-state index in [1.54, 1.807) is 12.1 Å². The molecular formula is C24H26N4O2. The van der Waals surface area contributed by atoms with Gasteiger partial charge in [0.1, 0.15) is 0 Å². The highest BCUT2D eigenvalue weighted by atomic mass is 16.2. The van der Waals surface area contributed by atoms with Gasteiger partial charge in [0.2, 0.25) is 5.91 Å². The molecule has 0 saturated heterocycles. The molecule has 30 heavy (non-hydrogen) atoms. The third-order valence-electron chi connectivity index (χ3n) is 5.43. The summed E-state index contributed by atoms with van der Waals surface area (Å²) < 4.78 is 0. The van der Waals surface area contributed by atoms with Gasteiger partial charge in [-0.1, -0.05) is 30.3 Å². The lowest BCUT2D eigenvalue weighted by Crippen LogP contribution is -2.37. The summed E-state index contributed by atoms with van der Waals surface area (Å²) in [6.07, 6.45) is 1.04. The van der Waals surface area contributed by atoms with Gasteiger partial charge in [-0.05, 0) is 42.7 Å². The molecule has 1 aliphatic heterocycles. The van der Waals surface area contributed by atoms with Crippen LogP contribution in [-0.2, 0) is 17.8 Å². The van der Waals surface area contributed by atoms with E-state index in [1.165, 1.54) is 18.1 Å². The Bertz CT molecular complexity index is 1110. The molecule has 0 spiro atoms. The number of rotatable bonds is 5. The SMILES string of the molecule is CC(=O)Nc1cc(C(=O)NCCN2CCc3ccccc3C2)c2ccc(C)nc2c1. The van der Waals surface area contributed by atoms with Gasteiger partial charge in [-0.2, -0.15) is 0 Å². The summed E-state index contributed by atoms with van der Waals surface area (Å²) in [5.74, 6) is -0.339. The Kier molecular flexibility index (Phi) is 5.77. The summed E-state index contributed by atoms with van der Waals surface area (Å²) >= 11 is 0. The van der Waals surface area contributed by atoms with Gasteiger partial charge in [0.25, 0.3) is 5.91 Å². The first-order valence-electron chi connectivity index (χ1n) is 10.3. The minimum absolute atomic E-state index is 0.157. The average Bonchev–Trinajstić information content (AvgIpc) is 2.72. The largest absolute Gasteiger partial charge is 0.351 e. The summed E-state index contributed by atoms with van der Waals surface area (Å²) in [5.41, 5.74) is 5.43. The Morgan fingerprint density at radius 3 is 2.70 bits per heavy atom. The molecule has 2 N–H and O–H groups in total. The molecule has 154 valence electrons. The van der Waals surface area contributed by atoms with Crippen LogP contribution in [0.15, 0.2) is 48.5 Å². The van der Waals surface area contributed by atoms with Crippen molar-refractivity contribution < 1.29 is 9.59 Å². The maximum Gasteiger partial charge on any atom is 0.252 e. The monoisotopic (exact) mass is 402 g/mol. The van der Waals surface area contributed by atoms with Gasteiger partial charge in [0.05, 0.1) is 11.1 Å². The molecule has 2 amide bonds. The Labute approximate surface area is 176 Å². The fraction of sp³-hybridized carbons (Fsp3) is 0.292. The highest BCUT2D eigenvalue weighted by molar-refractivity contribution is 6.08. The summed E-state index contributed by atoms with van der Waals surface area (Å²) in [6, 6.07) is 15.8. The quantitative estimate of drug-likeness (QED) is 0.687. The molecule has 2 heterocycles. The minimum atomic E-state index is -0.182. The van der Waals surface area contributed by atoms with Gasteiger partial charge >= 0.3 is 0 Å². The van der Waals surface area contributed by atoms with Crippen molar-refractivity contribution in [3.63, 3.8) is 0 Å². The Morgan fingerprint density at radius 1 is 1.10 bits per heavy atom. The number of aryl methyl sites for hydroxylation is 1. The van der Waals surface area contributed by atoms with E-state index in [1.807, 2.05) is 19.1 Å². The number of hydrogen-bond donors (Lipinski definition) is 2. The van der Waals surface area contributed by atoms with Crippen molar-refractivity contribution in [3.05, 3.63) is 70.9 Å². The summed E-state index contributed by atoms with van der Waals surface area (Å²) in [5, 5.41) is 6.58. The zero-order chi connectivity index (χ0) is 21.1. The summed E-state index contributed by atoms with van der Waals surface area (Å²) in [7, 11) is 0. The summed E-state index contributed by atoms with van der Waals surface area (Å²) in [4.78, 5) is 31.3. The van der Waals surface area contributed by atoms with E-state index in [0.29, 0.717) is 23.3 Å². The van der Waals surface area contributed by atoms with Crippen molar-refractivity contribution in [1.29, 1.82) is 0 Å². The molecule has 0 fully saturated rings. The second-order valence-corrected chi connectivity index (χ2v) is 7.78. The first-order chi connectivity index (χ1) is 14.5. The number of aromatic nitrogens is 1. The van der Waals surface area contributed by atoms with E-state index >= 15 is 0 Å². The molecule has 1 aromatic heterocycles. The van der Waals surface area contributed by atoms with Crippen LogP contribution in [0.4, 0.5) is 5.69 Å². The van der Waals surface area contributed by atoms with Crippen molar-refractivity contribution in [2.45, 2.75) is 26.8 Å². The van der Waals surface area contributed by atoms with Gasteiger partial charge in [-0.15, -0.1) is 0 Å². The predicted octanol–water partition coefficient (Wildman–Crippen LogP) is 3.29. The smallest absolute Gasteiger partial charge is 0.252 e. The highest BCUT2D eigenvalue weighted by Crippen LogP contribution is 2.23. The highest BCUT2D eigenvalue weighted by Gasteiger charge is 2.17. The van der Waals surface area contributed by atoms with Gasteiger partial charge in [-0.25, -0.2) is 0 Å². The van der Waals surface area contributed by atoms with E-state index < -0.39 is 0 Å².